The first-order chi connectivity index (χ1) is 16.0. The van der Waals surface area contributed by atoms with E-state index in [-0.39, 0.29) is 22.7 Å². The first-order valence-electron chi connectivity index (χ1n) is 11.8. The van der Waals surface area contributed by atoms with Crippen LogP contribution in [0.5, 0.6) is 0 Å². The number of hydrogen-bond donors (Lipinski definition) is 0. The summed E-state index contributed by atoms with van der Waals surface area (Å²) in [6.45, 7) is 14.5. The van der Waals surface area contributed by atoms with Crippen molar-refractivity contribution in [1.82, 2.24) is 4.90 Å². The Bertz CT molecular complexity index is 1000. The summed E-state index contributed by atoms with van der Waals surface area (Å²) in [5, 5.41) is 1.30. The number of amides is 1. The lowest BCUT2D eigenvalue weighted by atomic mass is 9.86. The Morgan fingerprint density at radius 3 is 2.38 bits per heavy atom. The van der Waals surface area contributed by atoms with Crippen molar-refractivity contribution in [2.24, 2.45) is 0 Å². The SMILES string of the molecule is C=CC[C@@]1(C)O[C@H](c2cccc(Cl)c2)[C@@H](c2ccc(Cl)cc2)N(C(CC)CSC(C)(C)C)C1=O. The van der Waals surface area contributed by atoms with Crippen molar-refractivity contribution in [1.29, 1.82) is 0 Å². The molecular formula is C28H35Cl2NO2S. The quantitative estimate of drug-likeness (QED) is 0.328. The number of halogens is 2. The molecule has 1 fully saturated rings. The van der Waals surface area contributed by atoms with Crippen molar-refractivity contribution in [3.05, 3.63) is 82.4 Å². The van der Waals surface area contributed by atoms with Crippen molar-refractivity contribution < 1.29 is 9.53 Å². The standard InChI is InChI=1S/C28H35Cl2NO2S/c1-7-16-28(6)26(32)31(23(8-2)18-34-27(3,4)5)24(19-12-14-21(29)15-13-19)25(33-28)20-10-9-11-22(30)17-20/h7,9-15,17,23-25H,1,8,16,18H2,2-6H3/t23?,24-,25-,28-/m1/s1. The Morgan fingerprint density at radius 2 is 1.82 bits per heavy atom. The third-order valence-corrected chi connectivity index (χ3v) is 8.06. The lowest BCUT2D eigenvalue weighted by molar-refractivity contribution is -0.201. The van der Waals surface area contributed by atoms with Gasteiger partial charge in [0.1, 0.15) is 11.7 Å². The van der Waals surface area contributed by atoms with Crippen molar-refractivity contribution in [2.45, 2.75) is 76.0 Å². The normalized spacial score (nSPS) is 24.2. The maximum Gasteiger partial charge on any atom is 0.255 e. The smallest absolute Gasteiger partial charge is 0.255 e. The van der Waals surface area contributed by atoms with Crippen LogP contribution in [0.1, 0.15) is 70.7 Å². The van der Waals surface area contributed by atoms with Crippen LogP contribution >= 0.6 is 35.0 Å². The predicted molar refractivity (Wildman–Crippen MR) is 146 cm³/mol. The molecule has 3 nitrogen and oxygen atoms in total. The lowest BCUT2D eigenvalue weighted by Gasteiger charge is -2.52. The number of rotatable bonds is 8. The highest BCUT2D eigenvalue weighted by Crippen LogP contribution is 2.48. The summed E-state index contributed by atoms with van der Waals surface area (Å²) in [6.07, 6.45) is 2.63. The summed E-state index contributed by atoms with van der Waals surface area (Å²) in [5.41, 5.74) is 0.915. The summed E-state index contributed by atoms with van der Waals surface area (Å²) < 4.78 is 6.77. The molecule has 0 bridgehead atoms. The number of ether oxygens (including phenoxy) is 1. The molecule has 0 aliphatic carbocycles. The van der Waals surface area contributed by atoms with Crippen molar-refractivity contribution in [2.75, 3.05) is 5.75 Å². The number of thioether (sulfide) groups is 1. The Labute approximate surface area is 218 Å². The fourth-order valence-electron chi connectivity index (χ4n) is 4.41. The van der Waals surface area contributed by atoms with E-state index < -0.39 is 11.7 Å². The Kier molecular flexibility index (Phi) is 8.84. The zero-order valence-electron chi connectivity index (χ0n) is 20.7. The molecule has 2 aromatic rings. The molecule has 0 saturated carbocycles. The number of morpholine rings is 1. The Hall–Kier alpha value is -1.46. The Morgan fingerprint density at radius 1 is 1.15 bits per heavy atom. The fraction of sp³-hybridized carbons (Fsp3) is 0.464. The average molecular weight is 521 g/mol. The number of nitrogens with zero attached hydrogens (tertiary/aromatic N) is 1. The van der Waals surface area contributed by atoms with E-state index in [1.165, 1.54) is 0 Å². The highest BCUT2D eigenvalue weighted by atomic mass is 35.5. The average Bonchev–Trinajstić information content (AvgIpc) is 2.77. The van der Waals surface area contributed by atoms with Crippen LogP contribution in [0.25, 0.3) is 0 Å². The van der Waals surface area contributed by atoms with E-state index in [0.29, 0.717) is 16.5 Å². The maximum absolute atomic E-state index is 14.1. The minimum atomic E-state index is -1.02. The zero-order valence-corrected chi connectivity index (χ0v) is 23.0. The molecule has 2 aromatic carbocycles. The van der Waals surface area contributed by atoms with Crippen molar-refractivity contribution >= 4 is 40.9 Å². The second-order valence-electron chi connectivity index (χ2n) is 10.0. The van der Waals surface area contributed by atoms with Crippen molar-refractivity contribution in [3.63, 3.8) is 0 Å². The Balaban J connectivity index is 2.19. The molecule has 1 saturated heterocycles. The predicted octanol–water partition coefficient (Wildman–Crippen LogP) is 8.28. The van der Waals surface area contributed by atoms with Crippen LogP contribution in [-0.2, 0) is 9.53 Å². The molecule has 1 amide bonds. The van der Waals surface area contributed by atoms with Gasteiger partial charge in [-0.25, -0.2) is 0 Å². The molecular weight excluding hydrogens is 485 g/mol. The second-order valence-corrected chi connectivity index (χ2v) is 12.7. The third kappa shape index (κ3) is 6.20. The van der Waals surface area contributed by atoms with Crippen LogP contribution in [0.2, 0.25) is 10.0 Å². The van der Waals surface area contributed by atoms with Gasteiger partial charge in [-0.2, -0.15) is 11.8 Å². The van der Waals surface area contributed by atoms with Crippen LogP contribution in [-0.4, -0.2) is 32.9 Å². The van der Waals surface area contributed by atoms with E-state index in [9.17, 15) is 4.79 Å². The summed E-state index contributed by atoms with van der Waals surface area (Å²) in [5.74, 6) is 0.828. The van der Waals surface area contributed by atoms with Gasteiger partial charge in [-0.15, -0.1) is 6.58 Å². The molecule has 0 aromatic heterocycles. The van der Waals surface area contributed by atoms with Gasteiger partial charge in [0.15, 0.2) is 0 Å². The van der Waals surface area contributed by atoms with Gasteiger partial charge in [0.25, 0.3) is 5.91 Å². The van der Waals surface area contributed by atoms with E-state index >= 15 is 0 Å². The maximum atomic E-state index is 14.1. The van der Waals surface area contributed by atoms with Gasteiger partial charge >= 0.3 is 0 Å². The fourth-order valence-corrected chi connectivity index (χ4v) is 5.83. The topological polar surface area (TPSA) is 29.5 Å². The molecule has 34 heavy (non-hydrogen) atoms. The lowest BCUT2D eigenvalue weighted by Crippen LogP contribution is -2.60. The monoisotopic (exact) mass is 519 g/mol. The van der Waals surface area contributed by atoms with Crippen LogP contribution in [0.4, 0.5) is 0 Å². The van der Waals surface area contributed by atoms with Crippen molar-refractivity contribution in [3.8, 4) is 0 Å². The number of carbonyl (C=O) groups excluding carboxylic acids is 1. The van der Waals surface area contributed by atoms with Gasteiger partial charge in [-0.3, -0.25) is 4.79 Å². The second kappa shape index (κ2) is 11.1. The molecule has 6 heteroatoms. The highest BCUT2D eigenvalue weighted by molar-refractivity contribution is 8.00. The number of carbonyl (C=O) groups is 1. The molecule has 0 N–H and O–H groups in total. The summed E-state index contributed by atoms with van der Waals surface area (Å²) in [6, 6.07) is 15.2. The molecule has 0 radical (unpaired) electrons. The molecule has 1 aliphatic heterocycles. The van der Waals surface area contributed by atoms with Gasteiger partial charge in [-0.05, 0) is 48.7 Å². The van der Waals surface area contributed by atoms with E-state index in [0.717, 1.165) is 23.3 Å². The van der Waals surface area contributed by atoms with Gasteiger partial charge in [0.05, 0.1) is 6.04 Å². The molecule has 0 spiro atoms. The first kappa shape index (κ1) is 27.1. The van der Waals surface area contributed by atoms with Crippen LogP contribution in [0, 0.1) is 0 Å². The first-order valence-corrected chi connectivity index (χ1v) is 13.5. The van der Waals surface area contributed by atoms with Crippen LogP contribution in [0.3, 0.4) is 0 Å². The van der Waals surface area contributed by atoms with Gasteiger partial charge in [0, 0.05) is 33.0 Å². The minimum Gasteiger partial charge on any atom is -0.355 e. The molecule has 4 atom stereocenters. The molecule has 1 unspecified atom stereocenters. The van der Waals surface area contributed by atoms with E-state index in [1.807, 2.05) is 67.2 Å². The van der Waals surface area contributed by atoms with Gasteiger partial charge < -0.3 is 9.64 Å². The van der Waals surface area contributed by atoms with E-state index in [2.05, 4.69) is 39.2 Å². The molecule has 1 heterocycles. The third-order valence-electron chi connectivity index (χ3n) is 6.16. The summed E-state index contributed by atoms with van der Waals surface area (Å²) >= 11 is 14.5. The molecule has 3 rings (SSSR count). The zero-order chi connectivity index (χ0) is 25.1. The highest BCUT2D eigenvalue weighted by Gasteiger charge is 2.52. The van der Waals surface area contributed by atoms with Gasteiger partial charge in [0.2, 0.25) is 0 Å². The van der Waals surface area contributed by atoms with Crippen LogP contribution < -0.4 is 0 Å². The van der Waals surface area contributed by atoms with Gasteiger partial charge in [-0.1, -0.05) is 81.2 Å². The summed E-state index contributed by atoms with van der Waals surface area (Å²) in [7, 11) is 0. The molecule has 1 aliphatic rings. The molecule has 184 valence electrons. The number of benzene rings is 2. The summed E-state index contributed by atoms with van der Waals surface area (Å²) in [4.78, 5) is 16.2. The minimum absolute atomic E-state index is 0.00742. The van der Waals surface area contributed by atoms with E-state index in [4.69, 9.17) is 27.9 Å². The largest absolute Gasteiger partial charge is 0.355 e. The van der Waals surface area contributed by atoms with Crippen LogP contribution in [0.15, 0.2) is 61.2 Å². The van der Waals surface area contributed by atoms with E-state index in [1.54, 1.807) is 6.08 Å². The number of hydrogen-bond acceptors (Lipinski definition) is 3.